The summed E-state index contributed by atoms with van der Waals surface area (Å²) >= 11 is 0.898. The number of hydroxylamine groups is 2. The molecule has 2 aromatic heterocycles. The predicted octanol–water partition coefficient (Wildman–Crippen LogP) is 5.98. The van der Waals surface area contributed by atoms with Crippen LogP contribution >= 0.6 is 11.3 Å². The highest BCUT2D eigenvalue weighted by Gasteiger charge is 2.57. The number of rotatable bonds is 22. The zero-order chi connectivity index (χ0) is 52.4. The quantitative estimate of drug-likeness (QED) is 0.0152. The van der Waals surface area contributed by atoms with Gasteiger partial charge in [-0.2, -0.15) is 18.6 Å². The minimum absolute atomic E-state index is 0.00677. The number of nitrogens with zero attached hydrogens (tertiary/aromatic N) is 5. The van der Waals surface area contributed by atoms with Gasteiger partial charge in [0.2, 0.25) is 0 Å². The van der Waals surface area contributed by atoms with Gasteiger partial charge in [-0.3, -0.25) is 28.9 Å². The Hall–Kier alpha value is -6.44. The lowest BCUT2D eigenvalue weighted by Gasteiger charge is -2.50. The number of carbonyl (C=O) groups is 6. The van der Waals surface area contributed by atoms with Gasteiger partial charge in [0.05, 0.1) is 23.6 Å². The van der Waals surface area contributed by atoms with E-state index in [4.69, 9.17) is 28.5 Å². The number of aromatic nitrogens is 3. The fourth-order valence-electron chi connectivity index (χ4n) is 6.28. The minimum atomic E-state index is -5.08. The van der Waals surface area contributed by atoms with Crippen LogP contribution in [0, 0.1) is 5.92 Å². The number of ketones is 1. The third-order valence-corrected chi connectivity index (χ3v) is 10.4. The van der Waals surface area contributed by atoms with Crippen molar-refractivity contribution >= 4 is 68.4 Å². The number of alkyl carbamates (subject to hydrolysis) is 1. The van der Waals surface area contributed by atoms with Gasteiger partial charge in [0.15, 0.2) is 16.6 Å². The topological polar surface area (TPSA) is 292 Å². The number of amides is 3. The van der Waals surface area contributed by atoms with Gasteiger partial charge in [-0.1, -0.05) is 29.9 Å². The molecule has 1 saturated heterocycles. The first-order chi connectivity index (χ1) is 32.3. The number of β-lactam (4-membered cyclic amide) rings is 1. The van der Waals surface area contributed by atoms with E-state index in [2.05, 4.69) is 36.7 Å². The van der Waals surface area contributed by atoms with Crippen molar-refractivity contribution in [1.82, 2.24) is 25.1 Å². The maximum absolute atomic E-state index is 14.1. The van der Waals surface area contributed by atoms with E-state index in [-0.39, 0.29) is 29.6 Å². The second kappa shape index (κ2) is 23.0. The summed E-state index contributed by atoms with van der Waals surface area (Å²) in [6, 6.07) is 6.60. The lowest BCUT2D eigenvalue weighted by molar-refractivity contribution is -0.228. The molecule has 1 aromatic carbocycles. The first-order valence-corrected chi connectivity index (χ1v) is 24.1. The van der Waals surface area contributed by atoms with Crippen molar-refractivity contribution in [3.8, 4) is 16.9 Å². The number of hydrogen-bond acceptors (Lipinski definition) is 19. The Morgan fingerprint density at radius 2 is 1.60 bits per heavy atom. The Kier molecular flexibility index (Phi) is 18.4. The van der Waals surface area contributed by atoms with Gasteiger partial charge in [0.1, 0.15) is 41.5 Å². The van der Waals surface area contributed by atoms with Gasteiger partial charge >= 0.3 is 34.5 Å². The molecule has 0 aliphatic carbocycles. The molecular weight excluding hydrogens is 959 g/mol. The predicted molar refractivity (Wildman–Crippen MR) is 253 cm³/mol. The summed E-state index contributed by atoms with van der Waals surface area (Å²) < 4.78 is 65.5. The average Bonchev–Trinajstić information content (AvgIpc) is 3.85. The van der Waals surface area contributed by atoms with Crippen LogP contribution in [0.25, 0.3) is 11.1 Å². The number of benzene rings is 1. The Labute approximate surface area is 410 Å². The molecule has 4 rings (SSSR count). The van der Waals surface area contributed by atoms with E-state index in [0.29, 0.717) is 41.4 Å². The van der Waals surface area contributed by atoms with Crippen molar-refractivity contribution in [2.45, 2.75) is 130 Å². The zero-order valence-corrected chi connectivity index (χ0v) is 42.6. The molecule has 3 N–H and O–H groups in total. The van der Waals surface area contributed by atoms with E-state index in [1.807, 2.05) is 0 Å². The number of nitrogens with one attached hydrogen (secondary N) is 2. The van der Waals surface area contributed by atoms with Crippen LogP contribution in [0.5, 0.6) is 5.75 Å². The maximum Gasteiger partial charge on any atom is 0.418 e. The molecule has 1 aliphatic heterocycles. The van der Waals surface area contributed by atoms with E-state index in [1.54, 1.807) is 97.5 Å². The van der Waals surface area contributed by atoms with Crippen molar-refractivity contribution in [1.29, 1.82) is 0 Å². The smallest absolute Gasteiger partial charge is 0.418 e. The van der Waals surface area contributed by atoms with Crippen molar-refractivity contribution < 1.29 is 74.5 Å². The van der Waals surface area contributed by atoms with Crippen LogP contribution < -0.4 is 15.4 Å². The zero-order valence-electron chi connectivity index (χ0n) is 41.0. The van der Waals surface area contributed by atoms with Gasteiger partial charge in [0.25, 0.3) is 12.0 Å². The standard InChI is InChI=1S/C45H61N7O16S2/c1-13-21-62-35(54)23-31-29(24-51(49-31)20-14-19-46-40(57)65-43(5,6)7)27-15-17-28(18-16-27)63-25-34(38(56)64-42(2,3)4)67-50-36(32-26-69-39(47-32)48-41(58)66-44(8,9)10)33(53)22-30-37(55)52(45(30,11)12)68-70(59,60)61/h13,15-18,24,26,30,34H,1,14,19-23,25H2,2-12H3,(H,46,57)(H,47,48,58)(H,59,60,61)/b50-36-. The molecule has 3 aromatic rings. The fourth-order valence-corrected chi connectivity index (χ4v) is 7.42. The van der Waals surface area contributed by atoms with Crippen molar-refractivity contribution in [3.63, 3.8) is 0 Å². The highest BCUT2D eigenvalue weighted by Crippen LogP contribution is 2.41. The monoisotopic (exact) mass is 1020 g/mol. The number of anilines is 1. The first kappa shape index (κ1) is 56.2. The lowest BCUT2D eigenvalue weighted by Crippen LogP contribution is -2.68. The summed E-state index contributed by atoms with van der Waals surface area (Å²) in [6.07, 6.45) is -0.0412. The van der Waals surface area contributed by atoms with Gasteiger partial charge in [-0.05, 0) is 100 Å². The Morgan fingerprint density at radius 3 is 2.19 bits per heavy atom. The van der Waals surface area contributed by atoms with Crippen molar-refractivity contribution in [2.24, 2.45) is 11.1 Å². The molecule has 0 spiro atoms. The summed E-state index contributed by atoms with van der Waals surface area (Å²) in [5.74, 6) is -4.16. The molecule has 70 heavy (non-hydrogen) atoms. The van der Waals surface area contributed by atoms with E-state index in [1.165, 1.54) is 25.3 Å². The first-order valence-electron chi connectivity index (χ1n) is 21.8. The number of hydrogen-bond donors (Lipinski definition) is 3. The maximum atomic E-state index is 14.1. The largest absolute Gasteiger partial charge is 0.489 e. The molecule has 384 valence electrons. The number of thiazole rings is 1. The number of oxime groups is 1. The molecule has 3 heterocycles. The SMILES string of the molecule is C=CCOC(=O)Cc1nn(CCCNC(=O)OC(C)(C)C)cc1-c1ccc(OCC(O/N=C(\C(=O)CC2C(=O)N(OS(=O)(=O)O)C2(C)C)c2csc(NC(=O)OC(C)(C)C)n2)C(=O)OC(C)(C)C)cc1. The lowest BCUT2D eigenvalue weighted by atomic mass is 9.74. The van der Waals surface area contributed by atoms with E-state index < -0.39 is 99.3 Å². The Morgan fingerprint density at radius 1 is 0.971 bits per heavy atom. The normalized spacial score (nSPS) is 15.5. The van der Waals surface area contributed by atoms with Crippen LogP contribution in [0.2, 0.25) is 0 Å². The van der Waals surface area contributed by atoms with Gasteiger partial charge < -0.3 is 33.8 Å². The number of ether oxygens (including phenoxy) is 5. The summed E-state index contributed by atoms with van der Waals surface area (Å²) in [5.41, 5.74) is -2.87. The minimum Gasteiger partial charge on any atom is -0.489 e. The Balaban J connectivity index is 1.60. The number of Topliss-reactive ketones (excluding diaryl/α,β-unsaturated/α-hetero) is 1. The van der Waals surface area contributed by atoms with Crippen LogP contribution in [0.4, 0.5) is 14.7 Å². The second-order valence-corrected chi connectivity index (χ2v) is 21.1. The van der Waals surface area contributed by atoms with E-state index in [0.717, 1.165) is 11.3 Å². The number of carbonyl (C=O) groups excluding carboxylic acids is 6. The molecule has 1 fully saturated rings. The highest BCUT2D eigenvalue weighted by atomic mass is 32.3. The van der Waals surface area contributed by atoms with Crippen molar-refractivity contribution in [2.75, 3.05) is 25.1 Å². The number of aryl methyl sites for hydroxylation is 1. The summed E-state index contributed by atoms with van der Waals surface area (Å²) in [4.78, 5) is 87.9. The molecule has 0 saturated carbocycles. The van der Waals surface area contributed by atoms with Crippen LogP contribution in [0.1, 0.15) is 100 Å². The van der Waals surface area contributed by atoms with Crippen molar-refractivity contribution in [3.05, 3.63) is 59.9 Å². The molecule has 0 radical (unpaired) electrons. The molecule has 23 nitrogen and oxygen atoms in total. The summed E-state index contributed by atoms with van der Waals surface area (Å²) in [5, 5.41) is 15.6. The molecule has 0 bridgehead atoms. The van der Waals surface area contributed by atoms with Crippen LogP contribution in [-0.2, 0) is 70.6 Å². The molecule has 25 heteroatoms. The van der Waals surface area contributed by atoms with Crippen LogP contribution in [0.3, 0.4) is 0 Å². The van der Waals surface area contributed by atoms with Gasteiger partial charge in [-0.15, -0.1) is 15.6 Å². The van der Waals surface area contributed by atoms with Crippen LogP contribution in [0.15, 0.2) is 53.7 Å². The molecule has 1 aliphatic rings. The van der Waals surface area contributed by atoms with E-state index >= 15 is 0 Å². The van der Waals surface area contributed by atoms with Gasteiger partial charge in [0, 0.05) is 36.7 Å². The fraction of sp³-hybridized carbons (Fsp3) is 0.533. The molecule has 2 unspecified atom stereocenters. The molecular formula is C45H61N7O16S2. The molecule has 3 amide bonds. The number of esters is 2. The Bertz CT molecular complexity index is 2530. The third-order valence-electron chi connectivity index (χ3n) is 9.30. The summed E-state index contributed by atoms with van der Waals surface area (Å²) in [6.45, 7) is 21.7. The van der Waals surface area contributed by atoms with Crippen LogP contribution in [-0.4, -0.2) is 123 Å². The molecule has 2 atom stereocenters. The summed E-state index contributed by atoms with van der Waals surface area (Å²) in [7, 11) is -5.08. The highest BCUT2D eigenvalue weighted by molar-refractivity contribution is 7.80. The second-order valence-electron chi connectivity index (χ2n) is 19.2. The van der Waals surface area contributed by atoms with Gasteiger partial charge in [-0.25, -0.2) is 19.4 Å². The van der Waals surface area contributed by atoms with E-state index in [9.17, 15) is 41.7 Å². The third kappa shape index (κ3) is 17.5. The average molecular weight is 1020 g/mol.